The van der Waals surface area contributed by atoms with Crippen molar-refractivity contribution >= 4 is 5.91 Å². The van der Waals surface area contributed by atoms with Crippen LogP contribution < -0.4 is 0 Å². The summed E-state index contributed by atoms with van der Waals surface area (Å²) in [6, 6.07) is 8.74. The van der Waals surface area contributed by atoms with E-state index in [1.807, 2.05) is 14.1 Å². The number of amides is 1. The van der Waals surface area contributed by atoms with Crippen LogP contribution >= 0.6 is 0 Å². The van der Waals surface area contributed by atoms with Crippen LogP contribution in [0, 0.1) is 18.8 Å². The van der Waals surface area contributed by atoms with Gasteiger partial charge in [-0.2, -0.15) is 0 Å². The SMILES string of the molecule is Cc1cccc(CN2CC[C@H]3OC[C@@H](C(=O)N(C)C)C[C@H]3C2)c1. The summed E-state index contributed by atoms with van der Waals surface area (Å²) in [5.74, 6) is 0.723. The summed E-state index contributed by atoms with van der Waals surface area (Å²) >= 11 is 0. The minimum atomic E-state index is 0.0326. The number of fused-ring (bicyclic) bond motifs is 1. The van der Waals surface area contributed by atoms with Gasteiger partial charge in [-0.3, -0.25) is 9.69 Å². The lowest BCUT2D eigenvalue weighted by atomic mass is 9.83. The van der Waals surface area contributed by atoms with Gasteiger partial charge in [-0.05, 0) is 31.2 Å². The van der Waals surface area contributed by atoms with Crippen molar-refractivity contribution in [2.75, 3.05) is 33.8 Å². The van der Waals surface area contributed by atoms with E-state index in [0.29, 0.717) is 18.6 Å². The lowest BCUT2D eigenvalue weighted by molar-refractivity contribution is -0.146. The van der Waals surface area contributed by atoms with Gasteiger partial charge in [-0.25, -0.2) is 0 Å². The fraction of sp³-hybridized carbons (Fsp3) is 0.632. The second-order valence-electron chi connectivity index (χ2n) is 7.31. The normalized spacial score (nSPS) is 28.2. The molecule has 0 unspecified atom stereocenters. The summed E-state index contributed by atoms with van der Waals surface area (Å²) in [6.45, 7) is 5.85. The number of aryl methyl sites for hydroxylation is 1. The highest BCUT2D eigenvalue weighted by Crippen LogP contribution is 2.32. The first kappa shape index (κ1) is 16.5. The van der Waals surface area contributed by atoms with E-state index in [9.17, 15) is 4.79 Å². The minimum absolute atomic E-state index is 0.0326. The number of piperidine rings is 1. The molecule has 2 aliphatic heterocycles. The largest absolute Gasteiger partial charge is 0.377 e. The highest BCUT2D eigenvalue weighted by Gasteiger charge is 2.38. The van der Waals surface area contributed by atoms with Crippen LogP contribution in [0.4, 0.5) is 0 Å². The first-order valence-electron chi connectivity index (χ1n) is 8.63. The maximum atomic E-state index is 12.2. The Morgan fingerprint density at radius 3 is 2.96 bits per heavy atom. The average molecular weight is 316 g/mol. The number of hydrogen-bond acceptors (Lipinski definition) is 3. The van der Waals surface area contributed by atoms with Crippen molar-refractivity contribution in [3.8, 4) is 0 Å². The van der Waals surface area contributed by atoms with Gasteiger partial charge < -0.3 is 9.64 Å². The average Bonchev–Trinajstić information content (AvgIpc) is 2.53. The minimum Gasteiger partial charge on any atom is -0.377 e. The third kappa shape index (κ3) is 3.93. The highest BCUT2D eigenvalue weighted by molar-refractivity contribution is 5.78. The number of ether oxygens (including phenoxy) is 1. The van der Waals surface area contributed by atoms with Crippen LogP contribution in [-0.2, 0) is 16.1 Å². The third-order valence-electron chi connectivity index (χ3n) is 5.13. The van der Waals surface area contributed by atoms with Gasteiger partial charge in [0.25, 0.3) is 0 Å². The van der Waals surface area contributed by atoms with E-state index in [-0.39, 0.29) is 11.8 Å². The number of hydrogen-bond donors (Lipinski definition) is 0. The van der Waals surface area contributed by atoms with Crippen molar-refractivity contribution in [1.82, 2.24) is 9.80 Å². The quantitative estimate of drug-likeness (QED) is 0.858. The molecule has 2 saturated heterocycles. The summed E-state index contributed by atoms with van der Waals surface area (Å²) < 4.78 is 6.01. The van der Waals surface area contributed by atoms with Crippen molar-refractivity contribution < 1.29 is 9.53 Å². The van der Waals surface area contributed by atoms with E-state index in [0.717, 1.165) is 32.5 Å². The molecule has 1 aromatic rings. The number of likely N-dealkylation sites (tertiary alicyclic amines) is 1. The number of benzene rings is 1. The molecule has 0 bridgehead atoms. The van der Waals surface area contributed by atoms with Crippen molar-refractivity contribution in [2.45, 2.75) is 32.4 Å². The highest BCUT2D eigenvalue weighted by atomic mass is 16.5. The smallest absolute Gasteiger partial charge is 0.227 e. The van der Waals surface area contributed by atoms with E-state index >= 15 is 0 Å². The third-order valence-corrected chi connectivity index (χ3v) is 5.13. The molecule has 2 fully saturated rings. The monoisotopic (exact) mass is 316 g/mol. The molecule has 0 spiro atoms. The molecule has 4 heteroatoms. The molecule has 2 aliphatic rings. The lowest BCUT2D eigenvalue weighted by Crippen LogP contribution is -2.50. The molecule has 1 amide bonds. The molecule has 0 saturated carbocycles. The van der Waals surface area contributed by atoms with Gasteiger partial charge in [0.1, 0.15) is 0 Å². The summed E-state index contributed by atoms with van der Waals surface area (Å²) in [6.07, 6.45) is 2.39. The first-order valence-corrected chi connectivity index (χ1v) is 8.63. The van der Waals surface area contributed by atoms with Gasteiger partial charge >= 0.3 is 0 Å². The predicted molar refractivity (Wildman–Crippen MR) is 91.1 cm³/mol. The molecule has 126 valence electrons. The Bertz CT molecular complexity index is 558. The van der Waals surface area contributed by atoms with Crippen LogP contribution in [0.25, 0.3) is 0 Å². The van der Waals surface area contributed by atoms with Crippen LogP contribution in [0.15, 0.2) is 24.3 Å². The van der Waals surface area contributed by atoms with Crippen LogP contribution in [0.5, 0.6) is 0 Å². The van der Waals surface area contributed by atoms with E-state index in [1.165, 1.54) is 11.1 Å². The van der Waals surface area contributed by atoms with Gasteiger partial charge in [0.05, 0.1) is 18.6 Å². The number of carbonyl (C=O) groups is 1. The second kappa shape index (κ2) is 7.02. The van der Waals surface area contributed by atoms with Gasteiger partial charge in [-0.1, -0.05) is 29.8 Å². The zero-order valence-electron chi connectivity index (χ0n) is 14.5. The molecule has 23 heavy (non-hydrogen) atoms. The van der Waals surface area contributed by atoms with Crippen molar-refractivity contribution in [3.63, 3.8) is 0 Å². The van der Waals surface area contributed by atoms with Gasteiger partial charge in [0.2, 0.25) is 5.91 Å². The van der Waals surface area contributed by atoms with Crippen LogP contribution in [0.3, 0.4) is 0 Å². The molecule has 1 aromatic carbocycles. The van der Waals surface area contributed by atoms with E-state index < -0.39 is 0 Å². The predicted octanol–water partition coefficient (Wildman–Crippen LogP) is 2.31. The Kier molecular flexibility index (Phi) is 5.02. The molecular formula is C19H28N2O2. The second-order valence-corrected chi connectivity index (χ2v) is 7.31. The van der Waals surface area contributed by atoms with E-state index in [4.69, 9.17) is 4.74 Å². The molecule has 3 rings (SSSR count). The zero-order valence-corrected chi connectivity index (χ0v) is 14.5. The van der Waals surface area contributed by atoms with Crippen molar-refractivity contribution in [2.24, 2.45) is 11.8 Å². The molecule has 0 aliphatic carbocycles. The molecule has 0 radical (unpaired) electrons. The van der Waals surface area contributed by atoms with E-state index in [1.54, 1.807) is 4.90 Å². The molecule has 3 atom stereocenters. The Labute approximate surface area is 139 Å². The fourth-order valence-electron chi connectivity index (χ4n) is 3.95. The Morgan fingerprint density at radius 2 is 2.22 bits per heavy atom. The number of carbonyl (C=O) groups excluding carboxylic acids is 1. The Morgan fingerprint density at radius 1 is 1.39 bits per heavy atom. The van der Waals surface area contributed by atoms with Crippen LogP contribution in [0.1, 0.15) is 24.0 Å². The van der Waals surface area contributed by atoms with Crippen molar-refractivity contribution in [3.05, 3.63) is 35.4 Å². The number of rotatable bonds is 3. The van der Waals surface area contributed by atoms with Gasteiger partial charge in [-0.15, -0.1) is 0 Å². The zero-order chi connectivity index (χ0) is 16.4. The Hall–Kier alpha value is -1.39. The molecular weight excluding hydrogens is 288 g/mol. The lowest BCUT2D eigenvalue weighted by Gasteiger charge is -2.43. The molecule has 2 heterocycles. The standard InChI is InChI=1S/C19H28N2O2/c1-14-5-4-6-15(9-14)11-21-8-7-18-16(12-21)10-17(13-23-18)19(22)20(2)3/h4-6,9,16-18H,7-8,10-13H2,1-3H3/t16-,17-,18+/m0/s1. The Balaban J connectivity index is 1.60. The molecule has 0 aromatic heterocycles. The van der Waals surface area contributed by atoms with E-state index in [2.05, 4.69) is 36.1 Å². The topological polar surface area (TPSA) is 32.8 Å². The maximum absolute atomic E-state index is 12.2. The maximum Gasteiger partial charge on any atom is 0.227 e. The molecule has 4 nitrogen and oxygen atoms in total. The molecule has 0 N–H and O–H groups in total. The van der Waals surface area contributed by atoms with Crippen LogP contribution in [0.2, 0.25) is 0 Å². The van der Waals surface area contributed by atoms with Gasteiger partial charge in [0.15, 0.2) is 0 Å². The number of nitrogens with zero attached hydrogens (tertiary/aromatic N) is 2. The summed E-state index contributed by atoms with van der Waals surface area (Å²) in [5.41, 5.74) is 2.69. The fourth-order valence-corrected chi connectivity index (χ4v) is 3.95. The van der Waals surface area contributed by atoms with Gasteiger partial charge in [0, 0.05) is 33.7 Å². The van der Waals surface area contributed by atoms with Crippen molar-refractivity contribution in [1.29, 1.82) is 0 Å². The summed E-state index contributed by atoms with van der Waals surface area (Å²) in [4.78, 5) is 16.4. The summed E-state index contributed by atoms with van der Waals surface area (Å²) in [7, 11) is 3.67. The summed E-state index contributed by atoms with van der Waals surface area (Å²) in [5, 5.41) is 0. The van der Waals surface area contributed by atoms with Crippen LogP contribution in [-0.4, -0.2) is 55.6 Å². The first-order chi connectivity index (χ1) is 11.0.